The number of ether oxygens (including phenoxy) is 3. The third-order valence-corrected chi connectivity index (χ3v) is 7.58. The minimum absolute atomic E-state index is 0.0465. The number of fused-ring (bicyclic) bond motifs is 1. The van der Waals surface area contributed by atoms with Crippen molar-refractivity contribution in [3.05, 3.63) is 84.3 Å². The fourth-order valence-corrected chi connectivity index (χ4v) is 5.08. The lowest BCUT2D eigenvalue weighted by atomic mass is 10.1. The van der Waals surface area contributed by atoms with Gasteiger partial charge in [0, 0.05) is 55.6 Å². The smallest absolute Gasteiger partial charge is 0.325 e. The Balaban J connectivity index is 1.17. The Kier molecular flexibility index (Phi) is 10.8. The Morgan fingerprint density at radius 2 is 1.71 bits per heavy atom. The first-order chi connectivity index (χ1) is 21.9. The molecule has 1 aromatic heterocycles. The van der Waals surface area contributed by atoms with Crippen molar-refractivity contribution in [2.75, 3.05) is 58.8 Å². The van der Waals surface area contributed by atoms with Crippen LogP contribution in [0, 0.1) is 5.82 Å². The van der Waals surface area contributed by atoms with Gasteiger partial charge in [-0.2, -0.15) is 0 Å². The van der Waals surface area contributed by atoms with Crippen LogP contribution in [0.5, 0.6) is 23.0 Å². The first-order valence-corrected chi connectivity index (χ1v) is 15.0. The molecule has 0 radical (unpaired) electrons. The Labute approximate surface area is 262 Å². The lowest BCUT2D eigenvalue weighted by Gasteiger charge is -2.32. The van der Waals surface area contributed by atoms with E-state index in [-0.39, 0.29) is 17.9 Å². The van der Waals surface area contributed by atoms with Crippen LogP contribution >= 0.6 is 0 Å². The summed E-state index contributed by atoms with van der Waals surface area (Å²) < 4.78 is 32.6. The first kappa shape index (κ1) is 31.7. The quantitative estimate of drug-likeness (QED) is 0.202. The van der Waals surface area contributed by atoms with Gasteiger partial charge in [0.1, 0.15) is 5.75 Å². The van der Waals surface area contributed by atoms with Crippen molar-refractivity contribution in [1.29, 1.82) is 0 Å². The molecule has 45 heavy (non-hydrogen) atoms. The number of likely N-dealkylation sites (N-methyl/N-ethyl adjacent to an activating group) is 1. The van der Waals surface area contributed by atoms with Gasteiger partial charge in [-0.1, -0.05) is 30.3 Å². The second kappa shape index (κ2) is 15.3. The molecule has 3 aromatic carbocycles. The molecule has 1 fully saturated rings. The Morgan fingerprint density at radius 3 is 2.47 bits per heavy atom. The maximum atomic E-state index is 15.1. The monoisotopic (exact) mass is 615 g/mol. The van der Waals surface area contributed by atoms with Gasteiger partial charge in [-0.15, -0.1) is 0 Å². The lowest BCUT2D eigenvalue weighted by molar-refractivity contribution is -0.119. The second-order valence-electron chi connectivity index (χ2n) is 10.9. The highest BCUT2D eigenvalue weighted by atomic mass is 19.1. The molecule has 0 spiro atoms. The summed E-state index contributed by atoms with van der Waals surface area (Å²) in [5, 5.41) is 5.34. The number of carbonyl (C=O) groups excluding carboxylic acids is 2. The molecule has 236 valence electrons. The summed E-state index contributed by atoms with van der Waals surface area (Å²) in [5.41, 5.74) is 1.54. The fourth-order valence-electron chi connectivity index (χ4n) is 5.08. The van der Waals surface area contributed by atoms with E-state index in [0.29, 0.717) is 34.8 Å². The van der Waals surface area contributed by atoms with Gasteiger partial charge < -0.3 is 29.3 Å². The van der Waals surface area contributed by atoms with Crippen LogP contribution < -0.4 is 24.8 Å². The van der Waals surface area contributed by atoms with Crippen molar-refractivity contribution >= 4 is 28.5 Å². The minimum Gasteiger partial charge on any atom is -0.493 e. The van der Waals surface area contributed by atoms with Crippen LogP contribution in [0.25, 0.3) is 10.9 Å². The number of methoxy groups -OCH3 is 1. The van der Waals surface area contributed by atoms with Crippen molar-refractivity contribution in [3.8, 4) is 23.0 Å². The van der Waals surface area contributed by atoms with Gasteiger partial charge in [-0.25, -0.2) is 9.18 Å². The molecule has 2 N–H and O–H groups in total. The lowest BCUT2D eigenvalue weighted by Crippen LogP contribution is -2.44. The minimum atomic E-state index is -0.760. The highest BCUT2D eigenvalue weighted by molar-refractivity contribution is 6.01. The topological polar surface area (TPSA) is 105 Å². The third kappa shape index (κ3) is 8.90. The van der Waals surface area contributed by atoms with Gasteiger partial charge in [-0.3, -0.25) is 15.1 Å². The molecule has 10 nitrogen and oxygen atoms in total. The zero-order valence-corrected chi connectivity index (χ0v) is 25.6. The standard InChI is InChI=1S/C34H38FN5O5/c1-39-15-17-40(18-16-39)14-6-7-19-44-32-23-28-26(22-31(32)43-2)29(12-13-36-28)45-30-11-10-25(21-27(30)35)37-34(42)38-33(41)20-24-8-4-3-5-9-24/h3-5,8-13,21-23H,6-7,14-20H2,1-2H3,(H2,37,38,41,42). The van der Waals surface area contributed by atoms with Crippen LogP contribution in [0.15, 0.2) is 72.9 Å². The van der Waals surface area contributed by atoms with E-state index in [4.69, 9.17) is 14.2 Å². The molecule has 0 atom stereocenters. The summed E-state index contributed by atoms with van der Waals surface area (Å²) in [5.74, 6) is 0.253. The molecule has 0 bridgehead atoms. The summed E-state index contributed by atoms with van der Waals surface area (Å²) >= 11 is 0. The van der Waals surface area contributed by atoms with E-state index in [0.717, 1.165) is 57.2 Å². The van der Waals surface area contributed by atoms with Gasteiger partial charge in [-0.05, 0) is 56.3 Å². The van der Waals surface area contributed by atoms with Crippen LogP contribution in [-0.2, 0) is 11.2 Å². The predicted molar refractivity (Wildman–Crippen MR) is 171 cm³/mol. The summed E-state index contributed by atoms with van der Waals surface area (Å²) in [4.78, 5) is 33.7. The number of anilines is 1. The molecule has 5 rings (SSSR count). The molecule has 11 heteroatoms. The predicted octanol–water partition coefficient (Wildman–Crippen LogP) is 5.47. The van der Waals surface area contributed by atoms with E-state index in [1.807, 2.05) is 18.2 Å². The molecule has 2 heterocycles. The van der Waals surface area contributed by atoms with Gasteiger partial charge >= 0.3 is 6.03 Å². The van der Waals surface area contributed by atoms with Crippen molar-refractivity contribution in [2.45, 2.75) is 19.3 Å². The molecule has 4 aromatic rings. The normalized spacial score (nSPS) is 13.8. The molecule has 1 aliphatic heterocycles. The van der Waals surface area contributed by atoms with E-state index in [1.165, 1.54) is 12.1 Å². The van der Waals surface area contributed by atoms with E-state index >= 15 is 4.39 Å². The fraction of sp³-hybridized carbons (Fsp3) is 0.324. The summed E-state index contributed by atoms with van der Waals surface area (Å²) in [7, 11) is 3.72. The van der Waals surface area contributed by atoms with Gasteiger partial charge in [0.15, 0.2) is 23.1 Å². The zero-order valence-electron chi connectivity index (χ0n) is 25.6. The van der Waals surface area contributed by atoms with E-state index in [2.05, 4.69) is 32.5 Å². The number of imide groups is 1. The van der Waals surface area contributed by atoms with Crippen LogP contribution in [0.2, 0.25) is 0 Å². The number of unbranched alkanes of at least 4 members (excludes halogenated alkanes) is 1. The van der Waals surface area contributed by atoms with E-state index in [1.54, 1.807) is 43.6 Å². The highest BCUT2D eigenvalue weighted by Gasteiger charge is 2.16. The molecule has 1 saturated heterocycles. The van der Waals surface area contributed by atoms with Crippen LogP contribution in [0.3, 0.4) is 0 Å². The Bertz CT molecular complexity index is 1610. The number of nitrogens with zero attached hydrogens (tertiary/aromatic N) is 3. The maximum absolute atomic E-state index is 15.1. The molecular weight excluding hydrogens is 577 g/mol. The number of piperazine rings is 1. The second-order valence-corrected chi connectivity index (χ2v) is 10.9. The number of amides is 3. The van der Waals surface area contributed by atoms with Crippen molar-refractivity contribution < 1.29 is 28.2 Å². The maximum Gasteiger partial charge on any atom is 0.325 e. The average Bonchev–Trinajstić information content (AvgIpc) is 3.03. The third-order valence-electron chi connectivity index (χ3n) is 7.58. The largest absolute Gasteiger partial charge is 0.493 e. The van der Waals surface area contributed by atoms with Crippen LogP contribution in [0.1, 0.15) is 18.4 Å². The molecule has 0 saturated carbocycles. The average molecular weight is 616 g/mol. The number of benzene rings is 3. The molecule has 1 aliphatic rings. The number of nitrogens with one attached hydrogen (secondary N) is 2. The van der Waals surface area contributed by atoms with Crippen LogP contribution in [0.4, 0.5) is 14.9 Å². The molecule has 0 aliphatic carbocycles. The SMILES string of the molecule is COc1cc2c(Oc3ccc(NC(=O)NC(=O)Cc4ccccc4)cc3F)ccnc2cc1OCCCCN1CCN(C)CC1. The molecular formula is C34H38FN5O5. The number of urea groups is 1. The zero-order chi connectivity index (χ0) is 31.6. The van der Waals surface area contributed by atoms with Crippen molar-refractivity contribution in [2.24, 2.45) is 0 Å². The number of pyridine rings is 1. The highest BCUT2D eigenvalue weighted by Crippen LogP contribution is 2.38. The van der Waals surface area contributed by atoms with Gasteiger partial charge in [0.25, 0.3) is 0 Å². The Morgan fingerprint density at radius 1 is 0.911 bits per heavy atom. The van der Waals surface area contributed by atoms with Gasteiger partial charge in [0.05, 0.1) is 25.7 Å². The van der Waals surface area contributed by atoms with E-state index < -0.39 is 17.8 Å². The number of carbonyl (C=O) groups is 2. The van der Waals surface area contributed by atoms with Crippen molar-refractivity contribution in [1.82, 2.24) is 20.1 Å². The molecule has 3 amide bonds. The number of hydrogen-bond donors (Lipinski definition) is 2. The summed E-state index contributed by atoms with van der Waals surface area (Å²) in [6.07, 6.45) is 3.59. The summed E-state index contributed by atoms with van der Waals surface area (Å²) in [6, 6.07) is 17.5. The Hall–Kier alpha value is -4.74. The van der Waals surface area contributed by atoms with Crippen LogP contribution in [-0.4, -0.2) is 80.2 Å². The number of hydrogen-bond acceptors (Lipinski definition) is 8. The molecule has 0 unspecified atom stereocenters. The summed E-state index contributed by atoms with van der Waals surface area (Å²) in [6.45, 7) is 6.03. The first-order valence-electron chi connectivity index (χ1n) is 15.0. The number of rotatable bonds is 12. The number of halogens is 1. The number of aromatic nitrogens is 1. The van der Waals surface area contributed by atoms with Gasteiger partial charge in [0.2, 0.25) is 5.91 Å². The van der Waals surface area contributed by atoms with E-state index in [9.17, 15) is 9.59 Å². The van der Waals surface area contributed by atoms with Crippen molar-refractivity contribution in [3.63, 3.8) is 0 Å².